The Kier molecular flexibility index (Phi) is 4.01. The molecule has 1 aliphatic carbocycles. The van der Waals surface area contributed by atoms with Gasteiger partial charge < -0.3 is 4.74 Å². The van der Waals surface area contributed by atoms with Crippen molar-refractivity contribution < 1.29 is 14.3 Å². The van der Waals surface area contributed by atoms with Crippen LogP contribution in [0.1, 0.15) is 27.9 Å². The molecule has 0 N–H and O–H groups in total. The van der Waals surface area contributed by atoms with Gasteiger partial charge in [0.1, 0.15) is 0 Å². The molecule has 4 nitrogen and oxygen atoms in total. The van der Waals surface area contributed by atoms with Crippen LogP contribution in [-0.4, -0.2) is 30.7 Å². The minimum absolute atomic E-state index is 0.345. The molecule has 0 radical (unpaired) electrons. The van der Waals surface area contributed by atoms with Crippen LogP contribution in [0.2, 0.25) is 0 Å². The second-order valence-corrected chi connectivity index (χ2v) is 5.92. The molecule has 0 bridgehead atoms. The van der Waals surface area contributed by atoms with Gasteiger partial charge in [0, 0.05) is 17.5 Å². The van der Waals surface area contributed by atoms with Crippen molar-refractivity contribution in [3.8, 4) is 0 Å². The Hall–Kier alpha value is -2.46. The van der Waals surface area contributed by atoms with Gasteiger partial charge >= 0.3 is 5.97 Å². The molecule has 2 aromatic carbocycles. The molecule has 23 heavy (non-hydrogen) atoms. The van der Waals surface area contributed by atoms with Crippen molar-refractivity contribution in [2.75, 3.05) is 14.1 Å². The number of hydrogen-bond acceptors (Lipinski definition) is 4. The van der Waals surface area contributed by atoms with Gasteiger partial charge in [-0.2, -0.15) is 0 Å². The van der Waals surface area contributed by atoms with E-state index in [1.807, 2.05) is 43.3 Å². The maximum Gasteiger partial charge on any atom is 0.381 e. The average molecular weight is 309 g/mol. The standard InChI is InChI=1S/C19H19NO3/c1-20(2)19(13-12-14-8-6-7-11-16(14)19)23-18(22)17(21)15-9-4-3-5-10-15/h3-11H,12-13H2,1-2H3/t19-/m1/s1. The molecular weight excluding hydrogens is 290 g/mol. The Labute approximate surface area is 135 Å². The number of ether oxygens (including phenoxy) is 1. The van der Waals surface area contributed by atoms with E-state index in [0.29, 0.717) is 12.0 Å². The molecule has 0 amide bonds. The number of benzene rings is 2. The van der Waals surface area contributed by atoms with Gasteiger partial charge in [0.2, 0.25) is 0 Å². The molecule has 0 aromatic heterocycles. The van der Waals surface area contributed by atoms with Gasteiger partial charge in [-0.15, -0.1) is 0 Å². The zero-order valence-corrected chi connectivity index (χ0v) is 13.3. The highest BCUT2D eigenvalue weighted by Gasteiger charge is 2.45. The summed E-state index contributed by atoms with van der Waals surface area (Å²) < 4.78 is 5.74. The Morgan fingerprint density at radius 2 is 1.65 bits per heavy atom. The number of esters is 1. The van der Waals surface area contributed by atoms with E-state index in [1.54, 1.807) is 30.3 Å². The van der Waals surface area contributed by atoms with Crippen molar-refractivity contribution in [2.24, 2.45) is 0 Å². The van der Waals surface area contributed by atoms with Crippen LogP contribution in [0.25, 0.3) is 0 Å². The summed E-state index contributed by atoms with van der Waals surface area (Å²) in [6, 6.07) is 16.4. The van der Waals surface area contributed by atoms with Crippen LogP contribution in [0.5, 0.6) is 0 Å². The first-order valence-corrected chi connectivity index (χ1v) is 7.63. The predicted octanol–water partition coefficient (Wildman–Crippen LogP) is 2.77. The van der Waals surface area contributed by atoms with Crippen molar-refractivity contribution in [1.29, 1.82) is 0 Å². The number of rotatable bonds is 4. The normalized spacial score (nSPS) is 19.4. The van der Waals surface area contributed by atoms with Crippen molar-refractivity contribution in [3.63, 3.8) is 0 Å². The lowest BCUT2D eigenvalue weighted by atomic mass is 10.0. The van der Waals surface area contributed by atoms with Gasteiger partial charge in [-0.05, 0) is 26.1 Å². The van der Waals surface area contributed by atoms with Crippen LogP contribution in [0.15, 0.2) is 54.6 Å². The quantitative estimate of drug-likeness (QED) is 0.377. The number of Topliss-reactive ketones (excluding diaryl/α,β-unsaturated/α-hetero) is 1. The molecule has 1 aliphatic rings. The first kappa shape index (κ1) is 15.4. The third-order valence-electron chi connectivity index (χ3n) is 4.38. The van der Waals surface area contributed by atoms with E-state index in [-0.39, 0.29) is 0 Å². The molecule has 0 aliphatic heterocycles. The minimum atomic E-state index is -0.877. The van der Waals surface area contributed by atoms with Gasteiger partial charge in [-0.25, -0.2) is 4.79 Å². The number of carbonyl (C=O) groups is 2. The molecule has 4 heteroatoms. The molecule has 1 atom stereocenters. The summed E-state index contributed by atoms with van der Waals surface area (Å²) in [6.07, 6.45) is 1.47. The molecular formula is C19H19NO3. The lowest BCUT2D eigenvalue weighted by Gasteiger charge is -2.36. The second-order valence-electron chi connectivity index (χ2n) is 5.92. The van der Waals surface area contributed by atoms with Crippen LogP contribution < -0.4 is 0 Å². The van der Waals surface area contributed by atoms with Crippen LogP contribution in [0, 0.1) is 0 Å². The average Bonchev–Trinajstić information content (AvgIpc) is 2.95. The van der Waals surface area contributed by atoms with Crippen molar-refractivity contribution >= 4 is 11.8 Å². The third-order valence-corrected chi connectivity index (χ3v) is 4.38. The maximum atomic E-state index is 12.4. The fraction of sp³-hybridized carbons (Fsp3) is 0.263. The number of nitrogens with zero attached hydrogens (tertiary/aromatic N) is 1. The van der Waals surface area contributed by atoms with Gasteiger partial charge in [0.25, 0.3) is 5.78 Å². The summed E-state index contributed by atoms with van der Waals surface area (Å²) in [5.74, 6) is -1.43. The Morgan fingerprint density at radius 3 is 2.35 bits per heavy atom. The summed E-state index contributed by atoms with van der Waals surface area (Å²) in [4.78, 5) is 26.6. The number of carbonyl (C=O) groups excluding carboxylic acids is 2. The summed E-state index contributed by atoms with van der Waals surface area (Å²) in [5, 5.41) is 0. The van der Waals surface area contributed by atoms with Crippen molar-refractivity contribution in [3.05, 3.63) is 71.3 Å². The van der Waals surface area contributed by atoms with Gasteiger partial charge in [-0.3, -0.25) is 9.69 Å². The van der Waals surface area contributed by atoms with E-state index in [1.165, 1.54) is 0 Å². The van der Waals surface area contributed by atoms with Crippen molar-refractivity contribution in [2.45, 2.75) is 18.6 Å². The topological polar surface area (TPSA) is 46.6 Å². The summed E-state index contributed by atoms with van der Waals surface area (Å²) in [7, 11) is 3.73. The van der Waals surface area contributed by atoms with Gasteiger partial charge in [-0.1, -0.05) is 54.6 Å². The van der Waals surface area contributed by atoms with Crippen LogP contribution in [0.4, 0.5) is 0 Å². The highest BCUT2D eigenvalue weighted by atomic mass is 16.6. The van der Waals surface area contributed by atoms with Crippen molar-refractivity contribution in [1.82, 2.24) is 4.90 Å². The maximum absolute atomic E-state index is 12.4. The molecule has 0 saturated heterocycles. The van der Waals surface area contributed by atoms with E-state index >= 15 is 0 Å². The largest absolute Gasteiger partial charge is 0.433 e. The molecule has 0 fully saturated rings. The predicted molar refractivity (Wildman–Crippen MR) is 87.0 cm³/mol. The number of ketones is 1. The zero-order valence-electron chi connectivity index (χ0n) is 13.3. The molecule has 0 unspecified atom stereocenters. The summed E-state index contributed by atoms with van der Waals surface area (Å²) in [6.45, 7) is 0. The summed E-state index contributed by atoms with van der Waals surface area (Å²) >= 11 is 0. The van der Waals surface area contributed by atoms with E-state index in [0.717, 1.165) is 17.5 Å². The molecule has 0 heterocycles. The second kappa shape index (κ2) is 5.97. The van der Waals surface area contributed by atoms with Gasteiger partial charge in [0.05, 0.1) is 0 Å². The van der Waals surface area contributed by atoms with Crippen LogP contribution >= 0.6 is 0 Å². The Morgan fingerprint density at radius 1 is 1.00 bits per heavy atom. The molecule has 3 rings (SSSR count). The van der Waals surface area contributed by atoms with E-state index in [2.05, 4.69) is 0 Å². The number of aryl methyl sites for hydroxylation is 1. The first-order chi connectivity index (χ1) is 11.0. The van der Waals surface area contributed by atoms with E-state index < -0.39 is 17.5 Å². The highest BCUT2D eigenvalue weighted by Crippen LogP contribution is 2.41. The van der Waals surface area contributed by atoms with Crippen LogP contribution in [-0.2, 0) is 21.7 Å². The highest BCUT2D eigenvalue weighted by molar-refractivity contribution is 6.40. The minimum Gasteiger partial charge on any atom is -0.433 e. The molecule has 2 aromatic rings. The Bertz CT molecular complexity index is 739. The smallest absolute Gasteiger partial charge is 0.381 e. The van der Waals surface area contributed by atoms with E-state index in [4.69, 9.17) is 4.74 Å². The van der Waals surface area contributed by atoms with Crippen LogP contribution in [0.3, 0.4) is 0 Å². The third kappa shape index (κ3) is 2.66. The lowest BCUT2D eigenvalue weighted by Crippen LogP contribution is -2.45. The lowest BCUT2D eigenvalue weighted by molar-refractivity contribution is -0.176. The molecule has 0 spiro atoms. The first-order valence-electron chi connectivity index (χ1n) is 7.63. The van der Waals surface area contributed by atoms with E-state index in [9.17, 15) is 9.59 Å². The monoisotopic (exact) mass is 309 g/mol. The fourth-order valence-corrected chi connectivity index (χ4v) is 3.13. The summed E-state index contributed by atoms with van der Waals surface area (Å²) in [5.41, 5.74) is 1.58. The Balaban J connectivity index is 1.90. The fourth-order valence-electron chi connectivity index (χ4n) is 3.13. The molecule has 0 saturated carbocycles. The molecule has 118 valence electrons. The number of fused-ring (bicyclic) bond motifs is 1. The zero-order chi connectivity index (χ0) is 16.4. The van der Waals surface area contributed by atoms with Gasteiger partial charge in [0.15, 0.2) is 5.72 Å². The SMILES string of the molecule is CN(C)[C@@]1(OC(=O)C(=O)c2ccccc2)CCc2ccccc21. The number of hydrogen-bond donors (Lipinski definition) is 0.